The van der Waals surface area contributed by atoms with Crippen LogP contribution in [0.25, 0.3) is 5.65 Å². The molecule has 1 unspecified atom stereocenters. The van der Waals surface area contributed by atoms with Crippen molar-refractivity contribution in [1.29, 1.82) is 0 Å². The first kappa shape index (κ1) is 10.8. The zero-order chi connectivity index (χ0) is 11.8. The van der Waals surface area contributed by atoms with Gasteiger partial charge in [0.25, 0.3) is 0 Å². The van der Waals surface area contributed by atoms with Crippen LogP contribution in [0.1, 0.15) is 6.42 Å². The zero-order valence-corrected chi connectivity index (χ0v) is 10.1. The second kappa shape index (κ2) is 4.16. The molecule has 0 bridgehead atoms. The number of halogens is 1. The van der Waals surface area contributed by atoms with Gasteiger partial charge in [-0.3, -0.25) is 0 Å². The van der Waals surface area contributed by atoms with Crippen molar-refractivity contribution in [1.82, 2.24) is 14.6 Å². The third kappa shape index (κ3) is 1.96. The summed E-state index contributed by atoms with van der Waals surface area (Å²) >= 11 is 5.91. The molecule has 2 aromatic rings. The van der Waals surface area contributed by atoms with Crippen LogP contribution < -0.4 is 10.6 Å². The fraction of sp³-hybridized carbons (Fsp3) is 0.455. The molecule has 1 aliphatic heterocycles. The Labute approximate surface area is 104 Å². The first-order chi connectivity index (χ1) is 8.26. The van der Waals surface area contributed by atoms with Crippen molar-refractivity contribution in [2.75, 3.05) is 24.5 Å². The van der Waals surface area contributed by atoms with E-state index in [9.17, 15) is 0 Å². The van der Waals surface area contributed by atoms with Gasteiger partial charge in [0.1, 0.15) is 0 Å². The molecule has 0 aliphatic carbocycles. The molecular weight excluding hydrogens is 238 g/mol. The number of nitrogens with zero attached hydrogens (tertiary/aromatic N) is 4. The maximum absolute atomic E-state index is 5.91. The Hall–Kier alpha value is -1.33. The van der Waals surface area contributed by atoms with Gasteiger partial charge in [-0.1, -0.05) is 11.6 Å². The number of aromatic nitrogens is 3. The first-order valence-corrected chi connectivity index (χ1v) is 6.11. The largest absolute Gasteiger partial charge is 0.339 e. The van der Waals surface area contributed by atoms with Gasteiger partial charge in [0.2, 0.25) is 5.95 Å². The van der Waals surface area contributed by atoms with Crippen molar-refractivity contribution >= 4 is 23.2 Å². The summed E-state index contributed by atoms with van der Waals surface area (Å²) in [6.45, 7) is 2.66. The Morgan fingerprint density at radius 2 is 2.35 bits per heavy atom. The SMILES string of the molecule is NCC1CCN(c2nc3ccc(Cl)cn3n2)C1. The number of hydrogen-bond donors (Lipinski definition) is 1. The van der Waals surface area contributed by atoms with E-state index < -0.39 is 0 Å². The van der Waals surface area contributed by atoms with E-state index in [0.717, 1.165) is 37.7 Å². The Morgan fingerprint density at radius 3 is 3.12 bits per heavy atom. The number of pyridine rings is 1. The highest BCUT2D eigenvalue weighted by Gasteiger charge is 2.24. The number of anilines is 1. The van der Waals surface area contributed by atoms with Crippen LogP contribution in [0.3, 0.4) is 0 Å². The summed E-state index contributed by atoms with van der Waals surface area (Å²) < 4.78 is 1.72. The van der Waals surface area contributed by atoms with Crippen molar-refractivity contribution in [3.8, 4) is 0 Å². The van der Waals surface area contributed by atoms with E-state index in [2.05, 4.69) is 15.0 Å². The van der Waals surface area contributed by atoms with Crippen LogP contribution in [0.15, 0.2) is 18.3 Å². The molecule has 3 rings (SSSR count). The lowest BCUT2D eigenvalue weighted by Gasteiger charge is -2.12. The second-order valence-corrected chi connectivity index (χ2v) is 4.83. The highest BCUT2D eigenvalue weighted by molar-refractivity contribution is 6.30. The fourth-order valence-electron chi connectivity index (χ4n) is 2.19. The summed E-state index contributed by atoms with van der Waals surface area (Å²) in [5.74, 6) is 1.33. The van der Waals surface area contributed by atoms with E-state index in [4.69, 9.17) is 17.3 Å². The number of rotatable bonds is 2. The third-order valence-corrected chi connectivity index (χ3v) is 3.41. The molecule has 3 heterocycles. The van der Waals surface area contributed by atoms with E-state index >= 15 is 0 Å². The molecule has 0 spiro atoms. The van der Waals surface area contributed by atoms with Crippen LogP contribution in [0, 0.1) is 5.92 Å². The van der Waals surface area contributed by atoms with Crippen LogP contribution in [0.4, 0.5) is 5.95 Å². The number of hydrogen-bond acceptors (Lipinski definition) is 4. The molecule has 0 aromatic carbocycles. The molecule has 2 N–H and O–H groups in total. The molecule has 2 aromatic heterocycles. The molecule has 1 saturated heterocycles. The van der Waals surface area contributed by atoms with Crippen molar-refractivity contribution in [3.63, 3.8) is 0 Å². The van der Waals surface area contributed by atoms with E-state index in [1.165, 1.54) is 0 Å². The fourth-order valence-corrected chi connectivity index (χ4v) is 2.34. The Balaban J connectivity index is 1.91. The highest BCUT2D eigenvalue weighted by atomic mass is 35.5. The van der Waals surface area contributed by atoms with Gasteiger partial charge in [-0.15, -0.1) is 5.10 Å². The average molecular weight is 252 g/mol. The monoisotopic (exact) mass is 251 g/mol. The first-order valence-electron chi connectivity index (χ1n) is 5.73. The lowest BCUT2D eigenvalue weighted by atomic mass is 10.1. The molecule has 1 aliphatic rings. The minimum Gasteiger partial charge on any atom is -0.339 e. The molecular formula is C11H14ClN5. The summed E-state index contributed by atoms with van der Waals surface area (Å²) in [5.41, 5.74) is 6.50. The lowest BCUT2D eigenvalue weighted by molar-refractivity contribution is 0.602. The van der Waals surface area contributed by atoms with Crippen LogP contribution in [0.2, 0.25) is 5.02 Å². The van der Waals surface area contributed by atoms with Crippen molar-refractivity contribution in [2.24, 2.45) is 11.7 Å². The van der Waals surface area contributed by atoms with Gasteiger partial charge in [-0.2, -0.15) is 4.98 Å². The molecule has 17 heavy (non-hydrogen) atoms. The maximum Gasteiger partial charge on any atom is 0.245 e. The summed E-state index contributed by atoms with van der Waals surface area (Å²) in [7, 11) is 0. The average Bonchev–Trinajstić information content (AvgIpc) is 2.93. The van der Waals surface area contributed by atoms with Gasteiger partial charge >= 0.3 is 0 Å². The van der Waals surface area contributed by atoms with Gasteiger partial charge in [0.05, 0.1) is 5.02 Å². The normalized spacial score (nSPS) is 20.4. The number of nitrogens with two attached hydrogens (primary N) is 1. The van der Waals surface area contributed by atoms with Gasteiger partial charge in [0, 0.05) is 19.3 Å². The molecule has 1 fully saturated rings. The van der Waals surface area contributed by atoms with E-state index in [0.29, 0.717) is 10.9 Å². The summed E-state index contributed by atoms with van der Waals surface area (Å²) in [6.07, 6.45) is 2.89. The topological polar surface area (TPSA) is 59.5 Å². The predicted molar refractivity (Wildman–Crippen MR) is 67.4 cm³/mol. The van der Waals surface area contributed by atoms with Crippen LogP contribution in [0.5, 0.6) is 0 Å². The van der Waals surface area contributed by atoms with Gasteiger partial charge in [0.15, 0.2) is 5.65 Å². The highest BCUT2D eigenvalue weighted by Crippen LogP contribution is 2.21. The third-order valence-electron chi connectivity index (χ3n) is 3.19. The van der Waals surface area contributed by atoms with Crippen molar-refractivity contribution < 1.29 is 0 Å². The van der Waals surface area contributed by atoms with Crippen molar-refractivity contribution in [2.45, 2.75) is 6.42 Å². The quantitative estimate of drug-likeness (QED) is 0.871. The smallest absolute Gasteiger partial charge is 0.245 e. The Bertz CT molecular complexity index is 538. The van der Waals surface area contributed by atoms with E-state index in [1.807, 2.05) is 12.1 Å². The zero-order valence-electron chi connectivity index (χ0n) is 9.38. The Kier molecular flexibility index (Phi) is 2.64. The van der Waals surface area contributed by atoms with E-state index in [-0.39, 0.29) is 0 Å². The molecule has 6 heteroatoms. The van der Waals surface area contributed by atoms with Crippen molar-refractivity contribution in [3.05, 3.63) is 23.4 Å². The molecule has 0 amide bonds. The van der Waals surface area contributed by atoms with Gasteiger partial charge in [-0.05, 0) is 31.0 Å². The minimum atomic E-state index is 0.560. The van der Waals surface area contributed by atoms with Gasteiger partial charge < -0.3 is 10.6 Å². The summed E-state index contributed by atoms with van der Waals surface area (Å²) in [6, 6.07) is 3.69. The van der Waals surface area contributed by atoms with Crippen LogP contribution in [-0.4, -0.2) is 34.2 Å². The molecule has 1 atom stereocenters. The van der Waals surface area contributed by atoms with Gasteiger partial charge in [-0.25, -0.2) is 4.52 Å². The van der Waals surface area contributed by atoms with E-state index in [1.54, 1.807) is 10.7 Å². The minimum absolute atomic E-state index is 0.560. The molecule has 0 saturated carbocycles. The number of fused-ring (bicyclic) bond motifs is 1. The second-order valence-electron chi connectivity index (χ2n) is 4.40. The molecule has 5 nitrogen and oxygen atoms in total. The van der Waals surface area contributed by atoms with Crippen LogP contribution >= 0.6 is 11.6 Å². The molecule has 0 radical (unpaired) electrons. The van der Waals surface area contributed by atoms with Crippen LogP contribution in [-0.2, 0) is 0 Å². The molecule has 90 valence electrons. The Morgan fingerprint density at radius 1 is 1.47 bits per heavy atom. The lowest BCUT2D eigenvalue weighted by Crippen LogP contribution is -2.23. The summed E-state index contributed by atoms with van der Waals surface area (Å²) in [4.78, 5) is 6.66. The summed E-state index contributed by atoms with van der Waals surface area (Å²) in [5, 5.41) is 5.09. The predicted octanol–water partition coefficient (Wildman–Crippen LogP) is 1.17. The standard InChI is InChI=1S/C11H14ClN5/c12-9-1-2-10-14-11(15-17(10)7-9)16-4-3-8(5-13)6-16/h1-2,7-8H,3-6,13H2. The maximum atomic E-state index is 5.91.